The van der Waals surface area contributed by atoms with E-state index in [9.17, 15) is 4.79 Å². The second-order valence-electron chi connectivity index (χ2n) is 7.95. The smallest absolute Gasteiger partial charge is 0.224 e. The Hall–Kier alpha value is -2.34. The molecule has 1 amide bonds. The number of guanidine groups is 1. The third kappa shape index (κ3) is 4.81. The second-order valence-corrected chi connectivity index (χ2v) is 8.95. The van der Waals surface area contributed by atoms with Gasteiger partial charge in [-0.2, -0.15) is 0 Å². The van der Waals surface area contributed by atoms with E-state index >= 15 is 0 Å². The fourth-order valence-corrected chi connectivity index (χ4v) is 4.85. The van der Waals surface area contributed by atoms with Crippen molar-refractivity contribution in [3.05, 3.63) is 57.8 Å². The number of rotatable bonds is 7. The van der Waals surface area contributed by atoms with Gasteiger partial charge in [0.15, 0.2) is 5.96 Å². The van der Waals surface area contributed by atoms with Crippen molar-refractivity contribution in [2.45, 2.75) is 44.6 Å². The first kappa shape index (κ1) is 20.0. The highest BCUT2D eigenvalue weighted by Crippen LogP contribution is 2.48. The molecule has 0 bridgehead atoms. The number of carbonyl (C=O) groups excluding carboxylic acids is 1. The molecule has 154 valence electrons. The van der Waals surface area contributed by atoms with E-state index in [2.05, 4.69) is 59.3 Å². The first-order chi connectivity index (χ1) is 14.2. The molecule has 4 rings (SSSR count). The van der Waals surface area contributed by atoms with E-state index in [0.29, 0.717) is 13.0 Å². The molecule has 0 saturated heterocycles. The first-order valence-corrected chi connectivity index (χ1v) is 11.5. The van der Waals surface area contributed by atoms with E-state index in [0.717, 1.165) is 38.6 Å². The number of hydrogen-bond acceptors (Lipinski definition) is 3. The maximum atomic E-state index is 12.6. The molecule has 29 heavy (non-hydrogen) atoms. The van der Waals surface area contributed by atoms with Crippen LogP contribution in [0.3, 0.4) is 0 Å². The molecule has 6 heteroatoms. The maximum absolute atomic E-state index is 12.6. The molecule has 1 aliphatic carbocycles. The largest absolute Gasteiger partial charge is 0.357 e. The summed E-state index contributed by atoms with van der Waals surface area (Å²) in [7, 11) is 0. The van der Waals surface area contributed by atoms with E-state index in [1.807, 2.05) is 4.90 Å². The second kappa shape index (κ2) is 8.99. The van der Waals surface area contributed by atoms with E-state index in [4.69, 9.17) is 4.99 Å². The van der Waals surface area contributed by atoms with Crippen molar-refractivity contribution in [2.24, 2.45) is 4.99 Å². The fourth-order valence-electron chi connectivity index (χ4n) is 3.96. The number of fused-ring (bicyclic) bond motifs is 1. The van der Waals surface area contributed by atoms with Gasteiger partial charge in [0.1, 0.15) is 0 Å². The van der Waals surface area contributed by atoms with Gasteiger partial charge in [-0.05, 0) is 48.8 Å². The van der Waals surface area contributed by atoms with E-state index in [-0.39, 0.29) is 11.3 Å². The minimum atomic E-state index is 0.200. The van der Waals surface area contributed by atoms with E-state index in [1.54, 1.807) is 11.3 Å². The highest BCUT2D eigenvalue weighted by atomic mass is 32.1. The highest BCUT2D eigenvalue weighted by Gasteiger charge is 2.43. The van der Waals surface area contributed by atoms with Crippen LogP contribution >= 0.6 is 11.3 Å². The summed E-state index contributed by atoms with van der Waals surface area (Å²) in [4.78, 5) is 20.9. The summed E-state index contributed by atoms with van der Waals surface area (Å²) < 4.78 is 0. The van der Waals surface area contributed by atoms with E-state index in [1.165, 1.54) is 28.8 Å². The minimum Gasteiger partial charge on any atom is -0.357 e. The summed E-state index contributed by atoms with van der Waals surface area (Å²) >= 11 is 1.80. The quantitative estimate of drug-likeness (QED) is 0.544. The Balaban J connectivity index is 1.28. The number of nitrogens with zero attached hydrogens (tertiary/aromatic N) is 2. The van der Waals surface area contributed by atoms with Crippen LogP contribution in [0.15, 0.2) is 46.8 Å². The third-order valence-corrected chi connectivity index (χ3v) is 6.94. The Kier molecular flexibility index (Phi) is 6.19. The van der Waals surface area contributed by atoms with Gasteiger partial charge < -0.3 is 15.5 Å². The van der Waals surface area contributed by atoms with Crippen LogP contribution in [0, 0.1) is 0 Å². The standard InChI is InChI=1S/C23H30N4OS/c1-2-24-22(26-17-23(11-12-23)19-6-4-3-5-7-19)25-13-8-21(28)27-14-9-20-18(16-27)10-15-29-20/h3-7,10,15H,2,8-9,11-14,16-17H2,1H3,(H2,24,25,26). The molecular weight excluding hydrogens is 380 g/mol. The number of hydrogen-bond donors (Lipinski definition) is 2. The van der Waals surface area contributed by atoms with Gasteiger partial charge in [0.25, 0.3) is 0 Å². The van der Waals surface area contributed by atoms with Crippen molar-refractivity contribution < 1.29 is 4.79 Å². The van der Waals surface area contributed by atoms with Crippen LogP contribution < -0.4 is 10.6 Å². The molecule has 2 N–H and O–H groups in total. The Morgan fingerprint density at radius 3 is 2.79 bits per heavy atom. The molecule has 1 aromatic carbocycles. The van der Waals surface area contributed by atoms with Crippen LogP contribution in [0.4, 0.5) is 0 Å². The average molecular weight is 411 g/mol. The number of nitrogens with one attached hydrogen (secondary N) is 2. The summed E-state index contributed by atoms with van der Waals surface area (Å²) in [6, 6.07) is 12.8. The topological polar surface area (TPSA) is 56.7 Å². The summed E-state index contributed by atoms with van der Waals surface area (Å²) in [6.45, 7) is 5.86. The van der Waals surface area contributed by atoms with Gasteiger partial charge in [0.05, 0.1) is 6.54 Å². The number of amides is 1. The van der Waals surface area contributed by atoms with Gasteiger partial charge >= 0.3 is 0 Å². The molecular formula is C23H30N4OS. The van der Waals surface area contributed by atoms with Crippen molar-refractivity contribution in [3.8, 4) is 0 Å². The Labute approximate surface area is 177 Å². The molecule has 0 unspecified atom stereocenters. The lowest BCUT2D eigenvalue weighted by molar-refractivity contribution is -0.131. The van der Waals surface area contributed by atoms with Gasteiger partial charge in [-0.25, -0.2) is 0 Å². The van der Waals surface area contributed by atoms with Gasteiger partial charge in [-0.1, -0.05) is 30.3 Å². The van der Waals surface area contributed by atoms with Gasteiger partial charge in [0, 0.05) is 42.9 Å². The SMILES string of the molecule is CCNC(=NCC1(c2ccccc2)CC1)NCCC(=O)N1CCc2sccc2C1. The molecule has 1 saturated carbocycles. The molecule has 2 aromatic rings. The Bertz CT molecular complexity index is 857. The lowest BCUT2D eigenvalue weighted by Gasteiger charge is -2.27. The minimum absolute atomic E-state index is 0.200. The fraction of sp³-hybridized carbons (Fsp3) is 0.478. The Morgan fingerprint density at radius 1 is 1.21 bits per heavy atom. The highest BCUT2D eigenvalue weighted by molar-refractivity contribution is 7.10. The number of thiophene rings is 1. The molecule has 0 radical (unpaired) electrons. The molecule has 0 atom stereocenters. The summed E-state index contributed by atoms with van der Waals surface area (Å²) in [5, 5.41) is 8.79. The molecule has 2 heterocycles. The molecule has 2 aliphatic rings. The average Bonchev–Trinajstić information content (AvgIpc) is 3.40. The molecule has 1 aliphatic heterocycles. The summed E-state index contributed by atoms with van der Waals surface area (Å²) in [5.74, 6) is 1.02. The predicted molar refractivity (Wildman–Crippen MR) is 119 cm³/mol. The number of carbonyl (C=O) groups is 1. The van der Waals surface area contributed by atoms with Crippen LogP contribution in [0.5, 0.6) is 0 Å². The predicted octanol–water partition coefficient (Wildman–Crippen LogP) is 3.31. The first-order valence-electron chi connectivity index (χ1n) is 10.6. The van der Waals surface area contributed by atoms with Gasteiger partial charge in [-0.3, -0.25) is 9.79 Å². The number of benzene rings is 1. The van der Waals surface area contributed by atoms with Crippen LogP contribution in [0.1, 0.15) is 42.2 Å². The van der Waals surface area contributed by atoms with Gasteiger partial charge in [-0.15, -0.1) is 11.3 Å². The Morgan fingerprint density at radius 2 is 2.03 bits per heavy atom. The van der Waals surface area contributed by atoms with Crippen LogP contribution in [0.25, 0.3) is 0 Å². The molecule has 1 aromatic heterocycles. The zero-order chi connectivity index (χ0) is 20.1. The van der Waals surface area contributed by atoms with Crippen molar-refractivity contribution in [3.63, 3.8) is 0 Å². The zero-order valence-corrected chi connectivity index (χ0v) is 17.9. The van der Waals surface area contributed by atoms with Crippen molar-refractivity contribution in [1.29, 1.82) is 0 Å². The van der Waals surface area contributed by atoms with Crippen LogP contribution in [0.2, 0.25) is 0 Å². The summed E-state index contributed by atoms with van der Waals surface area (Å²) in [5.41, 5.74) is 2.90. The molecule has 1 fully saturated rings. The lowest BCUT2D eigenvalue weighted by atomic mass is 9.96. The van der Waals surface area contributed by atoms with E-state index < -0.39 is 0 Å². The monoisotopic (exact) mass is 410 g/mol. The molecule has 0 spiro atoms. The normalized spacial score (nSPS) is 17.6. The zero-order valence-electron chi connectivity index (χ0n) is 17.1. The molecule has 5 nitrogen and oxygen atoms in total. The third-order valence-electron chi connectivity index (χ3n) is 5.92. The van der Waals surface area contributed by atoms with Crippen molar-refractivity contribution >= 4 is 23.2 Å². The van der Waals surface area contributed by atoms with Gasteiger partial charge in [0.2, 0.25) is 5.91 Å². The van der Waals surface area contributed by atoms with Crippen LogP contribution in [-0.4, -0.2) is 42.9 Å². The van der Waals surface area contributed by atoms with Crippen molar-refractivity contribution in [2.75, 3.05) is 26.2 Å². The lowest BCUT2D eigenvalue weighted by Crippen LogP contribution is -2.41. The van der Waals surface area contributed by atoms with Crippen LogP contribution in [-0.2, 0) is 23.2 Å². The summed E-state index contributed by atoms with van der Waals surface area (Å²) in [6.07, 6.45) is 3.86. The van der Waals surface area contributed by atoms with Crippen molar-refractivity contribution in [1.82, 2.24) is 15.5 Å². The maximum Gasteiger partial charge on any atom is 0.224 e. The number of aliphatic imine (C=N–C) groups is 1.